The minimum Gasteiger partial charge on any atom is -0.306 e. The van der Waals surface area contributed by atoms with Crippen LogP contribution in [0.2, 0.25) is 0 Å². The minimum atomic E-state index is -0.979. The average molecular weight is 414 g/mol. The Morgan fingerprint density at radius 3 is 2.21 bits per heavy atom. The molecule has 1 aliphatic rings. The van der Waals surface area contributed by atoms with Crippen molar-refractivity contribution in [1.29, 1.82) is 0 Å². The molecule has 0 aliphatic carbocycles. The van der Waals surface area contributed by atoms with Crippen molar-refractivity contribution in [2.24, 2.45) is 0 Å². The van der Waals surface area contributed by atoms with Crippen molar-refractivity contribution in [2.75, 3.05) is 26.4 Å². The summed E-state index contributed by atoms with van der Waals surface area (Å²) in [5.41, 5.74) is 2.30. The number of carbonyl (C=O) groups excluding carboxylic acids is 1. The lowest BCUT2D eigenvalue weighted by molar-refractivity contribution is 0.112. The Morgan fingerprint density at radius 2 is 1.69 bits per heavy atom. The van der Waals surface area contributed by atoms with Crippen molar-refractivity contribution in [3.8, 4) is 5.69 Å². The number of pyridine rings is 1. The molecular formula is C23H31N3O2S. The monoisotopic (exact) mass is 413 g/mol. The first-order valence-electron chi connectivity index (χ1n) is 10.1. The standard InChI is InChI=1S/C15H12N2O2S.C6H13N.C2H6/c1-20(19)14-4-2-13(3-5-14)17-7-6-12-8-11(10-18)9-16-15(12)17;1-7-5-3-2-4-6-7;1-2/h2-10H,1H3;2-6H2,1H3;1-2H3. The molecule has 1 fully saturated rings. The van der Waals surface area contributed by atoms with Gasteiger partial charge in [-0.1, -0.05) is 20.3 Å². The van der Waals surface area contributed by atoms with Crippen molar-refractivity contribution in [3.63, 3.8) is 0 Å². The summed E-state index contributed by atoms with van der Waals surface area (Å²) in [5.74, 6) is 0. The topological polar surface area (TPSA) is 55.2 Å². The smallest absolute Gasteiger partial charge is 0.151 e. The normalized spacial score (nSPS) is 14.9. The molecule has 0 amide bonds. The maximum Gasteiger partial charge on any atom is 0.151 e. The van der Waals surface area contributed by atoms with Crippen LogP contribution in [-0.2, 0) is 10.8 Å². The van der Waals surface area contributed by atoms with Crippen molar-refractivity contribution < 1.29 is 9.00 Å². The van der Waals surface area contributed by atoms with E-state index in [2.05, 4.69) is 16.9 Å². The van der Waals surface area contributed by atoms with Crippen molar-refractivity contribution in [3.05, 3.63) is 54.4 Å². The van der Waals surface area contributed by atoms with Crippen molar-refractivity contribution >= 4 is 28.1 Å². The predicted molar refractivity (Wildman–Crippen MR) is 121 cm³/mol. The number of rotatable bonds is 3. The predicted octanol–water partition coefficient (Wildman–Crippen LogP) is 4.70. The van der Waals surface area contributed by atoms with Gasteiger partial charge in [-0.2, -0.15) is 0 Å². The van der Waals surface area contributed by atoms with Gasteiger partial charge >= 0.3 is 0 Å². The summed E-state index contributed by atoms with van der Waals surface area (Å²) < 4.78 is 13.3. The Hall–Kier alpha value is -2.31. The number of carbonyl (C=O) groups is 1. The van der Waals surface area contributed by atoms with Gasteiger partial charge in [0, 0.05) is 51.0 Å². The van der Waals surface area contributed by atoms with Gasteiger partial charge in [0.25, 0.3) is 0 Å². The quantitative estimate of drug-likeness (QED) is 0.584. The molecule has 0 N–H and O–H groups in total. The molecular weight excluding hydrogens is 382 g/mol. The molecule has 1 aliphatic heterocycles. The second-order valence-electron chi connectivity index (χ2n) is 6.80. The molecule has 29 heavy (non-hydrogen) atoms. The van der Waals surface area contributed by atoms with Crippen LogP contribution >= 0.6 is 0 Å². The Bertz CT molecular complexity index is 929. The highest BCUT2D eigenvalue weighted by Gasteiger charge is 2.06. The van der Waals surface area contributed by atoms with Gasteiger partial charge in [0.05, 0.1) is 0 Å². The first kappa shape index (κ1) is 23.0. The molecule has 3 aromatic rings. The fourth-order valence-corrected chi connectivity index (χ4v) is 3.68. The Labute approximate surface area is 176 Å². The first-order chi connectivity index (χ1) is 14.1. The first-order valence-corrected chi connectivity index (χ1v) is 11.7. The van der Waals surface area contributed by atoms with E-state index in [-0.39, 0.29) is 0 Å². The number of hydrogen-bond acceptors (Lipinski definition) is 4. The minimum absolute atomic E-state index is 0.562. The van der Waals surface area contributed by atoms with Crippen LogP contribution in [0.5, 0.6) is 0 Å². The van der Waals surface area contributed by atoms with Gasteiger partial charge in [-0.25, -0.2) is 4.98 Å². The number of aromatic nitrogens is 2. The SMILES string of the molecule is CC.CN1CCCCC1.CS(=O)c1ccc(-n2ccc3cc(C=O)cnc32)cc1. The van der Waals surface area contributed by atoms with E-state index in [1.54, 1.807) is 18.5 Å². The van der Waals surface area contributed by atoms with Crippen molar-refractivity contribution in [1.82, 2.24) is 14.5 Å². The molecule has 1 unspecified atom stereocenters. The van der Waals surface area contributed by atoms with Crippen molar-refractivity contribution in [2.45, 2.75) is 38.0 Å². The molecule has 156 valence electrons. The van der Waals surface area contributed by atoms with E-state index < -0.39 is 10.8 Å². The molecule has 0 radical (unpaired) electrons. The van der Waals surface area contributed by atoms with E-state index in [0.29, 0.717) is 5.56 Å². The lowest BCUT2D eigenvalue weighted by Crippen LogP contribution is -2.24. The number of nitrogens with zero attached hydrogens (tertiary/aromatic N) is 3. The van der Waals surface area contributed by atoms with E-state index in [1.807, 2.05) is 54.9 Å². The van der Waals surface area contributed by atoms with E-state index in [9.17, 15) is 9.00 Å². The molecule has 1 aromatic carbocycles. The van der Waals surface area contributed by atoms with E-state index in [1.165, 1.54) is 32.4 Å². The number of fused-ring (bicyclic) bond motifs is 1. The lowest BCUT2D eigenvalue weighted by atomic mass is 10.1. The molecule has 0 saturated carbocycles. The van der Waals surface area contributed by atoms with Crippen LogP contribution in [0.4, 0.5) is 0 Å². The zero-order valence-corrected chi connectivity index (χ0v) is 18.6. The fraction of sp³-hybridized carbons (Fsp3) is 0.391. The van der Waals surface area contributed by atoms with Gasteiger partial charge in [0.1, 0.15) is 5.65 Å². The van der Waals surface area contributed by atoms with Gasteiger partial charge in [-0.3, -0.25) is 9.00 Å². The molecule has 3 heterocycles. The van der Waals surface area contributed by atoms with Crippen LogP contribution in [0.1, 0.15) is 43.5 Å². The van der Waals surface area contributed by atoms with Crippen LogP contribution in [0.3, 0.4) is 0 Å². The molecule has 4 rings (SSSR count). The van der Waals surface area contributed by atoms with Crippen LogP contribution in [-0.4, -0.2) is 51.3 Å². The van der Waals surface area contributed by atoms with E-state index >= 15 is 0 Å². The van der Waals surface area contributed by atoms with Gasteiger partial charge in [-0.05, 0) is 69.4 Å². The third kappa shape index (κ3) is 6.34. The van der Waals surface area contributed by atoms with E-state index in [4.69, 9.17) is 0 Å². The highest BCUT2D eigenvalue weighted by atomic mass is 32.2. The summed E-state index contributed by atoms with van der Waals surface area (Å²) in [6.07, 6.45) is 10.2. The summed E-state index contributed by atoms with van der Waals surface area (Å²) in [6.45, 7) is 6.64. The number of piperidine rings is 1. The Balaban J connectivity index is 0.000000280. The summed E-state index contributed by atoms with van der Waals surface area (Å²) in [5, 5.41) is 0.915. The zero-order valence-electron chi connectivity index (χ0n) is 17.8. The van der Waals surface area contributed by atoms with Crippen LogP contribution in [0.25, 0.3) is 16.7 Å². The largest absolute Gasteiger partial charge is 0.306 e. The van der Waals surface area contributed by atoms with Crippen LogP contribution < -0.4 is 0 Å². The number of likely N-dealkylation sites (tertiary alicyclic amines) is 1. The third-order valence-corrected chi connectivity index (χ3v) is 5.65. The second kappa shape index (κ2) is 11.6. The fourth-order valence-electron chi connectivity index (χ4n) is 3.16. The number of hydrogen-bond donors (Lipinski definition) is 0. The molecule has 0 spiro atoms. The van der Waals surface area contributed by atoms with Gasteiger partial charge in [0.15, 0.2) is 6.29 Å². The molecule has 6 heteroatoms. The van der Waals surface area contributed by atoms with Gasteiger partial charge < -0.3 is 9.47 Å². The highest BCUT2D eigenvalue weighted by Crippen LogP contribution is 2.20. The zero-order chi connectivity index (χ0) is 21.2. The Morgan fingerprint density at radius 1 is 1.03 bits per heavy atom. The van der Waals surface area contributed by atoms with Crippen LogP contribution in [0, 0.1) is 0 Å². The maximum absolute atomic E-state index is 11.4. The van der Waals surface area contributed by atoms with Gasteiger partial charge in [0.2, 0.25) is 0 Å². The molecule has 0 bridgehead atoms. The molecule has 5 nitrogen and oxygen atoms in total. The summed E-state index contributed by atoms with van der Waals surface area (Å²) >= 11 is 0. The third-order valence-electron chi connectivity index (χ3n) is 4.71. The molecule has 2 aromatic heterocycles. The summed E-state index contributed by atoms with van der Waals surface area (Å²) in [7, 11) is 1.21. The summed E-state index contributed by atoms with van der Waals surface area (Å²) in [4.78, 5) is 18.3. The Kier molecular flexibility index (Phi) is 9.22. The lowest BCUT2D eigenvalue weighted by Gasteiger charge is -2.20. The average Bonchev–Trinajstić information content (AvgIpc) is 3.19. The van der Waals surface area contributed by atoms with E-state index in [0.717, 1.165) is 27.9 Å². The second-order valence-corrected chi connectivity index (χ2v) is 8.18. The number of benzene rings is 1. The molecule has 1 saturated heterocycles. The number of aldehydes is 1. The maximum atomic E-state index is 11.4. The van der Waals surface area contributed by atoms with Gasteiger partial charge in [-0.15, -0.1) is 0 Å². The molecule has 1 atom stereocenters. The van der Waals surface area contributed by atoms with Crippen LogP contribution in [0.15, 0.2) is 53.7 Å². The highest BCUT2D eigenvalue weighted by molar-refractivity contribution is 7.84. The summed E-state index contributed by atoms with van der Waals surface area (Å²) in [6, 6.07) is 11.2.